The van der Waals surface area contributed by atoms with Crippen LogP contribution in [0.3, 0.4) is 0 Å². The summed E-state index contributed by atoms with van der Waals surface area (Å²) in [5.41, 5.74) is 2.23. The van der Waals surface area contributed by atoms with Crippen LogP contribution >= 0.6 is 11.8 Å². The Morgan fingerprint density at radius 2 is 1.69 bits per heavy atom. The normalized spacial score (nSPS) is 18.3. The predicted octanol–water partition coefficient (Wildman–Crippen LogP) is 4.27. The number of aliphatic imine (C=N–C) groups is 1. The van der Waals surface area contributed by atoms with E-state index in [0.717, 1.165) is 49.1 Å². The molecule has 4 rings (SSSR count). The number of benzene rings is 2. The van der Waals surface area contributed by atoms with Crippen molar-refractivity contribution in [2.45, 2.75) is 13.3 Å². The van der Waals surface area contributed by atoms with Crippen molar-refractivity contribution in [3.8, 4) is 5.75 Å². The fraction of sp³-hybridized carbons (Fsp3) is 0.304. The summed E-state index contributed by atoms with van der Waals surface area (Å²) in [4.78, 5) is 21.9. The molecule has 2 heterocycles. The van der Waals surface area contributed by atoms with Crippen LogP contribution < -0.4 is 9.64 Å². The average molecular weight is 408 g/mol. The minimum atomic E-state index is -0.151. The molecule has 0 saturated carbocycles. The Morgan fingerprint density at radius 1 is 1.00 bits per heavy atom. The molecule has 0 aliphatic carbocycles. The number of carbonyl (C=O) groups excluding carboxylic acids is 1. The topological polar surface area (TPSA) is 45.1 Å². The first-order valence-electron chi connectivity index (χ1n) is 10.0. The van der Waals surface area contributed by atoms with E-state index in [4.69, 9.17) is 4.74 Å². The first-order valence-corrected chi connectivity index (χ1v) is 10.8. The molecule has 1 fully saturated rings. The number of rotatable bonds is 5. The van der Waals surface area contributed by atoms with Crippen LogP contribution in [0.2, 0.25) is 0 Å². The van der Waals surface area contributed by atoms with Gasteiger partial charge in [0.25, 0.3) is 5.91 Å². The largest absolute Gasteiger partial charge is 0.494 e. The van der Waals surface area contributed by atoms with Gasteiger partial charge in [0.15, 0.2) is 5.17 Å². The highest BCUT2D eigenvalue weighted by molar-refractivity contribution is 8.18. The molecule has 2 aromatic carbocycles. The third-order valence-corrected chi connectivity index (χ3v) is 5.98. The smallest absolute Gasteiger partial charge is 0.286 e. The van der Waals surface area contributed by atoms with Crippen molar-refractivity contribution >= 4 is 34.6 Å². The van der Waals surface area contributed by atoms with E-state index in [1.54, 1.807) is 0 Å². The highest BCUT2D eigenvalue weighted by Crippen LogP contribution is 2.31. The van der Waals surface area contributed by atoms with Gasteiger partial charge < -0.3 is 14.5 Å². The van der Waals surface area contributed by atoms with E-state index in [1.165, 1.54) is 17.4 Å². The zero-order valence-corrected chi connectivity index (χ0v) is 17.4. The molecule has 150 valence electrons. The summed E-state index contributed by atoms with van der Waals surface area (Å²) in [5, 5.41) is 0.817. The van der Waals surface area contributed by atoms with Gasteiger partial charge in [-0.1, -0.05) is 37.3 Å². The summed E-state index contributed by atoms with van der Waals surface area (Å²) in [6.45, 7) is 6.38. The monoisotopic (exact) mass is 407 g/mol. The van der Waals surface area contributed by atoms with Crippen molar-refractivity contribution in [3.05, 3.63) is 65.1 Å². The Kier molecular flexibility index (Phi) is 6.20. The van der Waals surface area contributed by atoms with E-state index in [2.05, 4.69) is 46.0 Å². The van der Waals surface area contributed by atoms with Crippen LogP contribution in [0.4, 0.5) is 5.69 Å². The SMILES string of the molecule is CCCOc1ccc(/C=C2\SC(N3CCN(c4ccccc4)CC3)=NC2=O)cc1. The summed E-state index contributed by atoms with van der Waals surface area (Å²) in [5.74, 6) is 0.703. The van der Waals surface area contributed by atoms with Gasteiger partial charge in [-0.25, -0.2) is 0 Å². The fourth-order valence-corrected chi connectivity index (χ4v) is 4.32. The lowest BCUT2D eigenvalue weighted by Gasteiger charge is -2.36. The Labute approximate surface area is 176 Å². The number of ether oxygens (including phenoxy) is 1. The number of hydrogen-bond acceptors (Lipinski definition) is 5. The molecule has 0 spiro atoms. The number of amides is 1. The minimum Gasteiger partial charge on any atom is -0.494 e. The first kappa shape index (κ1) is 19.6. The second kappa shape index (κ2) is 9.18. The second-order valence-electron chi connectivity index (χ2n) is 7.04. The number of carbonyl (C=O) groups is 1. The maximum absolute atomic E-state index is 12.4. The lowest BCUT2D eigenvalue weighted by atomic mass is 10.2. The number of anilines is 1. The van der Waals surface area contributed by atoms with Crippen molar-refractivity contribution in [3.63, 3.8) is 0 Å². The van der Waals surface area contributed by atoms with E-state index in [1.807, 2.05) is 36.4 Å². The second-order valence-corrected chi connectivity index (χ2v) is 8.05. The number of thioether (sulfide) groups is 1. The summed E-state index contributed by atoms with van der Waals surface area (Å²) >= 11 is 1.47. The molecule has 2 aliphatic rings. The van der Waals surface area contributed by atoms with Gasteiger partial charge in [-0.2, -0.15) is 4.99 Å². The molecule has 0 N–H and O–H groups in total. The van der Waals surface area contributed by atoms with E-state index >= 15 is 0 Å². The summed E-state index contributed by atoms with van der Waals surface area (Å²) in [6, 6.07) is 18.3. The zero-order valence-electron chi connectivity index (χ0n) is 16.6. The number of nitrogens with zero attached hydrogens (tertiary/aromatic N) is 3. The van der Waals surface area contributed by atoms with Crippen molar-refractivity contribution in [2.75, 3.05) is 37.7 Å². The Balaban J connectivity index is 1.35. The van der Waals surface area contributed by atoms with E-state index in [9.17, 15) is 4.79 Å². The molecule has 29 heavy (non-hydrogen) atoms. The molecule has 1 amide bonds. The maximum Gasteiger partial charge on any atom is 0.286 e. The van der Waals surface area contributed by atoms with Gasteiger partial charge in [-0.15, -0.1) is 0 Å². The molecule has 0 unspecified atom stereocenters. The van der Waals surface area contributed by atoms with Crippen LogP contribution in [0, 0.1) is 0 Å². The highest BCUT2D eigenvalue weighted by atomic mass is 32.2. The Bertz CT molecular complexity index is 901. The standard InChI is InChI=1S/C23H25N3O2S/c1-2-16-28-20-10-8-18(9-11-20)17-21-22(27)24-23(29-21)26-14-12-25(13-15-26)19-6-4-3-5-7-19/h3-11,17H,2,12-16H2,1H3/b21-17-. The molecule has 5 nitrogen and oxygen atoms in total. The number of piperazine rings is 1. The third kappa shape index (κ3) is 4.82. The number of hydrogen-bond donors (Lipinski definition) is 0. The fourth-order valence-electron chi connectivity index (χ4n) is 3.36. The van der Waals surface area contributed by atoms with E-state index in [0.29, 0.717) is 11.5 Å². The molecular formula is C23H25N3O2S. The molecule has 6 heteroatoms. The Morgan fingerprint density at radius 3 is 2.38 bits per heavy atom. The van der Waals surface area contributed by atoms with E-state index in [-0.39, 0.29) is 5.91 Å². The Hall–Kier alpha value is -2.73. The summed E-state index contributed by atoms with van der Waals surface area (Å²) in [6.07, 6.45) is 2.89. The van der Waals surface area contributed by atoms with Crippen LogP contribution in [-0.2, 0) is 4.79 Å². The molecule has 1 saturated heterocycles. The zero-order chi connectivity index (χ0) is 20.1. The molecule has 0 radical (unpaired) electrons. The maximum atomic E-state index is 12.4. The minimum absolute atomic E-state index is 0.151. The average Bonchev–Trinajstić information content (AvgIpc) is 3.14. The first-order chi connectivity index (χ1) is 14.2. The molecule has 0 aromatic heterocycles. The van der Waals surface area contributed by atoms with Crippen LogP contribution in [0.25, 0.3) is 6.08 Å². The molecule has 0 atom stereocenters. The lowest BCUT2D eigenvalue weighted by Crippen LogP contribution is -2.47. The number of amidine groups is 1. The van der Waals surface area contributed by atoms with Crippen LogP contribution in [-0.4, -0.2) is 48.8 Å². The molecule has 2 aliphatic heterocycles. The van der Waals surface area contributed by atoms with Gasteiger partial charge in [-0.3, -0.25) is 4.79 Å². The quantitative estimate of drug-likeness (QED) is 0.693. The molecular weight excluding hydrogens is 382 g/mol. The third-order valence-electron chi connectivity index (χ3n) is 4.93. The van der Waals surface area contributed by atoms with Crippen molar-refractivity contribution in [1.82, 2.24) is 4.90 Å². The van der Waals surface area contributed by atoms with Crippen molar-refractivity contribution in [2.24, 2.45) is 4.99 Å². The van der Waals surface area contributed by atoms with Gasteiger partial charge in [0, 0.05) is 31.9 Å². The molecule has 2 aromatic rings. The number of para-hydroxylation sites is 1. The van der Waals surface area contributed by atoms with Gasteiger partial charge in [0.05, 0.1) is 11.5 Å². The summed E-state index contributed by atoms with van der Waals surface area (Å²) in [7, 11) is 0. The van der Waals surface area contributed by atoms with E-state index < -0.39 is 0 Å². The van der Waals surface area contributed by atoms with Gasteiger partial charge in [0.1, 0.15) is 5.75 Å². The summed E-state index contributed by atoms with van der Waals surface area (Å²) < 4.78 is 5.61. The highest BCUT2D eigenvalue weighted by Gasteiger charge is 2.28. The van der Waals surface area contributed by atoms with Gasteiger partial charge in [-0.05, 0) is 54.1 Å². The predicted molar refractivity (Wildman–Crippen MR) is 120 cm³/mol. The van der Waals surface area contributed by atoms with Crippen LogP contribution in [0.1, 0.15) is 18.9 Å². The van der Waals surface area contributed by atoms with Gasteiger partial charge >= 0.3 is 0 Å². The lowest BCUT2D eigenvalue weighted by molar-refractivity contribution is -0.113. The van der Waals surface area contributed by atoms with Gasteiger partial charge in [0.2, 0.25) is 0 Å². The van der Waals surface area contributed by atoms with Crippen molar-refractivity contribution < 1.29 is 9.53 Å². The van der Waals surface area contributed by atoms with Crippen molar-refractivity contribution in [1.29, 1.82) is 0 Å². The van der Waals surface area contributed by atoms with Crippen LogP contribution in [0.15, 0.2) is 64.5 Å². The van der Waals surface area contributed by atoms with Crippen LogP contribution in [0.5, 0.6) is 5.75 Å². The molecule has 0 bridgehead atoms.